The van der Waals surface area contributed by atoms with E-state index >= 15 is 0 Å². The predicted molar refractivity (Wildman–Crippen MR) is 57.8 cm³/mol. The summed E-state index contributed by atoms with van der Waals surface area (Å²) < 4.78 is 0. The van der Waals surface area contributed by atoms with Crippen LogP contribution in [-0.2, 0) is 0 Å². The lowest BCUT2D eigenvalue weighted by molar-refractivity contribution is 0.0960. The van der Waals surface area contributed by atoms with Crippen LogP contribution in [0.2, 0.25) is 0 Å². The smallest absolute Gasteiger partial charge is 0.253 e. The van der Waals surface area contributed by atoms with Gasteiger partial charge >= 0.3 is 0 Å². The Morgan fingerprint density at radius 3 is 2.62 bits per heavy atom. The fourth-order valence-corrected chi connectivity index (χ4v) is 1.95. The van der Waals surface area contributed by atoms with Gasteiger partial charge in [-0.25, -0.2) is 0 Å². The maximum absolute atomic E-state index is 11.7. The first-order chi connectivity index (χ1) is 7.86. The number of aromatic nitrogens is 2. The van der Waals surface area contributed by atoms with Crippen LogP contribution in [0.3, 0.4) is 0 Å². The van der Waals surface area contributed by atoms with Crippen molar-refractivity contribution in [1.82, 2.24) is 15.3 Å². The van der Waals surface area contributed by atoms with Gasteiger partial charge in [0.15, 0.2) is 0 Å². The number of fused-ring (bicyclic) bond motifs is 1. The molecule has 1 unspecified atom stereocenters. The van der Waals surface area contributed by atoms with Gasteiger partial charge < -0.3 is 5.32 Å². The van der Waals surface area contributed by atoms with Gasteiger partial charge in [-0.1, -0.05) is 0 Å². The Morgan fingerprint density at radius 1 is 1.06 bits per heavy atom. The summed E-state index contributed by atoms with van der Waals surface area (Å²) in [6, 6.07) is 5.60. The molecule has 1 amide bonds. The van der Waals surface area contributed by atoms with Crippen molar-refractivity contribution in [1.29, 1.82) is 0 Å². The Kier molecular flexibility index (Phi) is 1.93. The third kappa shape index (κ3) is 1.27. The second-order valence-electron chi connectivity index (χ2n) is 3.65. The number of carbonyl (C=O) groups is 1. The molecule has 2 aromatic heterocycles. The van der Waals surface area contributed by atoms with Crippen LogP contribution >= 0.6 is 0 Å². The summed E-state index contributed by atoms with van der Waals surface area (Å²) in [5.74, 6) is -0.0649. The fourth-order valence-electron chi connectivity index (χ4n) is 1.95. The van der Waals surface area contributed by atoms with E-state index in [4.69, 9.17) is 0 Å². The van der Waals surface area contributed by atoms with Crippen LogP contribution in [0.25, 0.3) is 0 Å². The molecule has 1 atom stereocenters. The van der Waals surface area contributed by atoms with E-state index in [1.165, 1.54) is 0 Å². The molecule has 1 aliphatic heterocycles. The van der Waals surface area contributed by atoms with Crippen molar-refractivity contribution in [2.75, 3.05) is 0 Å². The van der Waals surface area contributed by atoms with Gasteiger partial charge in [0.25, 0.3) is 5.91 Å². The van der Waals surface area contributed by atoms with Crippen molar-refractivity contribution in [3.8, 4) is 0 Å². The van der Waals surface area contributed by atoms with Crippen molar-refractivity contribution in [2.45, 2.75) is 6.04 Å². The Labute approximate surface area is 92.4 Å². The molecule has 3 heterocycles. The number of hydrogen-bond acceptors (Lipinski definition) is 3. The zero-order chi connectivity index (χ0) is 11.0. The van der Waals surface area contributed by atoms with Gasteiger partial charge in [0.05, 0.1) is 11.6 Å². The number of rotatable bonds is 1. The summed E-state index contributed by atoms with van der Waals surface area (Å²) >= 11 is 0. The summed E-state index contributed by atoms with van der Waals surface area (Å²) in [6.07, 6.45) is 6.75. The minimum atomic E-state index is -0.0755. The zero-order valence-electron chi connectivity index (χ0n) is 8.42. The highest BCUT2D eigenvalue weighted by Crippen LogP contribution is 2.29. The number of nitrogens with one attached hydrogen (secondary N) is 1. The van der Waals surface area contributed by atoms with Crippen molar-refractivity contribution < 1.29 is 4.79 Å². The van der Waals surface area contributed by atoms with Crippen LogP contribution < -0.4 is 5.32 Å². The summed E-state index contributed by atoms with van der Waals surface area (Å²) in [7, 11) is 0. The molecule has 1 aliphatic rings. The van der Waals surface area contributed by atoms with Gasteiger partial charge in [0.2, 0.25) is 0 Å². The molecule has 0 aliphatic carbocycles. The number of pyridine rings is 2. The second-order valence-corrected chi connectivity index (χ2v) is 3.65. The predicted octanol–water partition coefficient (Wildman–Crippen LogP) is 1.31. The highest BCUT2D eigenvalue weighted by atomic mass is 16.2. The van der Waals surface area contributed by atoms with E-state index in [2.05, 4.69) is 15.3 Å². The molecule has 16 heavy (non-hydrogen) atoms. The van der Waals surface area contributed by atoms with E-state index in [-0.39, 0.29) is 11.9 Å². The van der Waals surface area contributed by atoms with Gasteiger partial charge in [-0.05, 0) is 29.3 Å². The van der Waals surface area contributed by atoms with Crippen molar-refractivity contribution >= 4 is 5.91 Å². The molecular formula is C12H9N3O. The standard InChI is InChI=1S/C12H9N3O/c16-12-10-7-14-6-3-9(10)11(15-12)8-1-4-13-5-2-8/h1-7,11H,(H,15,16). The topological polar surface area (TPSA) is 54.9 Å². The maximum Gasteiger partial charge on any atom is 0.253 e. The Morgan fingerprint density at radius 2 is 1.81 bits per heavy atom. The van der Waals surface area contributed by atoms with E-state index in [0.717, 1.165) is 11.1 Å². The third-order valence-electron chi connectivity index (χ3n) is 2.73. The molecule has 0 fully saturated rings. The summed E-state index contributed by atoms with van der Waals surface area (Å²) in [4.78, 5) is 19.6. The molecule has 0 aromatic carbocycles. The molecule has 0 spiro atoms. The molecule has 0 saturated carbocycles. The minimum Gasteiger partial charge on any atom is -0.341 e. The van der Waals surface area contributed by atoms with Crippen LogP contribution in [0.5, 0.6) is 0 Å². The third-order valence-corrected chi connectivity index (χ3v) is 2.73. The van der Waals surface area contributed by atoms with Gasteiger partial charge in [-0.3, -0.25) is 14.8 Å². The molecule has 0 saturated heterocycles. The monoisotopic (exact) mass is 211 g/mol. The largest absolute Gasteiger partial charge is 0.341 e. The van der Waals surface area contributed by atoms with Crippen LogP contribution in [-0.4, -0.2) is 15.9 Å². The van der Waals surface area contributed by atoms with E-state index in [0.29, 0.717) is 5.56 Å². The van der Waals surface area contributed by atoms with Crippen LogP contribution in [0.4, 0.5) is 0 Å². The van der Waals surface area contributed by atoms with Crippen molar-refractivity contribution in [3.63, 3.8) is 0 Å². The normalized spacial score (nSPS) is 18.0. The van der Waals surface area contributed by atoms with Gasteiger partial charge in [-0.2, -0.15) is 0 Å². The zero-order valence-corrected chi connectivity index (χ0v) is 8.42. The Hall–Kier alpha value is -2.23. The summed E-state index contributed by atoms with van der Waals surface area (Å²) in [5.41, 5.74) is 2.67. The fraction of sp³-hybridized carbons (Fsp3) is 0.0833. The van der Waals surface area contributed by atoms with E-state index < -0.39 is 0 Å². The van der Waals surface area contributed by atoms with Gasteiger partial charge in [-0.15, -0.1) is 0 Å². The lowest BCUT2D eigenvalue weighted by Crippen LogP contribution is -2.19. The van der Waals surface area contributed by atoms with E-state index in [9.17, 15) is 4.79 Å². The molecule has 3 rings (SSSR count). The van der Waals surface area contributed by atoms with Crippen molar-refractivity contribution in [2.24, 2.45) is 0 Å². The first-order valence-corrected chi connectivity index (χ1v) is 5.01. The molecule has 0 bridgehead atoms. The SMILES string of the molecule is O=C1NC(c2ccncc2)c2ccncc21. The van der Waals surface area contributed by atoms with Crippen LogP contribution in [0.1, 0.15) is 27.5 Å². The quantitative estimate of drug-likeness (QED) is 0.773. The second kappa shape index (κ2) is 3.41. The number of hydrogen-bond donors (Lipinski definition) is 1. The number of carbonyl (C=O) groups excluding carboxylic acids is 1. The average molecular weight is 211 g/mol. The van der Waals surface area contributed by atoms with Crippen LogP contribution in [0, 0.1) is 0 Å². The molecule has 2 aromatic rings. The highest BCUT2D eigenvalue weighted by Gasteiger charge is 2.29. The van der Waals surface area contributed by atoms with Crippen molar-refractivity contribution in [3.05, 3.63) is 59.7 Å². The molecule has 1 N–H and O–H groups in total. The first-order valence-electron chi connectivity index (χ1n) is 5.01. The molecule has 4 heteroatoms. The molecule has 78 valence electrons. The lowest BCUT2D eigenvalue weighted by atomic mass is 10.0. The lowest BCUT2D eigenvalue weighted by Gasteiger charge is -2.11. The van der Waals surface area contributed by atoms with Gasteiger partial charge in [0, 0.05) is 24.8 Å². The first kappa shape index (κ1) is 9.03. The molecule has 4 nitrogen and oxygen atoms in total. The molecular weight excluding hydrogens is 202 g/mol. The Bertz CT molecular complexity index is 539. The van der Waals surface area contributed by atoms with E-state index in [1.807, 2.05) is 18.2 Å². The number of amides is 1. The maximum atomic E-state index is 11.7. The Balaban J connectivity index is 2.11. The number of nitrogens with zero attached hydrogens (tertiary/aromatic N) is 2. The van der Waals surface area contributed by atoms with Crippen LogP contribution in [0.15, 0.2) is 43.0 Å². The minimum absolute atomic E-state index is 0.0649. The summed E-state index contributed by atoms with van der Waals surface area (Å²) in [6.45, 7) is 0. The van der Waals surface area contributed by atoms with E-state index in [1.54, 1.807) is 24.8 Å². The van der Waals surface area contributed by atoms with Gasteiger partial charge in [0.1, 0.15) is 0 Å². The summed E-state index contributed by atoms with van der Waals surface area (Å²) in [5, 5.41) is 2.93. The molecule has 0 radical (unpaired) electrons. The average Bonchev–Trinajstić information content (AvgIpc) is 2.69. The highest BCUT2D eigenvalue weighted by molar-refractivity contribution is 5.99.